The van der Waals surface area contributed by atoms with Crippen LogP contribution in [0.1, 0.15) is 24.2 Å². The molecule has 2 aromatic heterocycles. The van der Waals surface area contributed by atoms with Gasteiger partial charge in [-0.3, -0.25) is 0 Å². The van der Waals surface area contributed by atoms with E-state index in [-0.39, 0.29) is 17.9 Å². The van der Waals surface area contributed by atoms with Gasteiger partial charge in [-0.15, -0.1) is 0 Å². The minimum absolute atomic E-state index is 0.236. The molecule has 0 amide bonds. The van der Waals surface area contributed by atoms with E-state index >= 15 is 0 Å². The van der Waals surface area contributed by atoms with Gasteiger partial charge in [-0.1, -0.05) is 6.07 Å². The molecule has 0 N–H and O–H groups in total. The number of aromatic nitrogens is 3. The van der Waals surface area contributed by atoms with Crippen molar-refractivity contribution in [2.75, 3.05) is 6.61 Å². The van der Waals surface area contributed by atoms with Gasteiger partial charge in [-0.2, -0.15) is 4.31 Å². The van der Waals surface area contributed by atoms with Gasteiger partial charge >= 0.3 is 0 Å². The predicted molar refractivity (Wildman–Crippen MR) is 87.9 cm³/mol. The molecule has 0 aromatic carbocycles. The first-order valence-corrected chi connectivity index (χ1v) is 9.59. The van der Waals surface area contributed by atoms with Crippen molar-refractivity contribution in [3.05, 3.63) is 42.1 Å². The molecule has 1 aliphatic heterocycles. The van der Waals surface area contributed by atoms with Crippen molar-refractivity contribution >= 4 is 10.0 Å². The van der Waals surface area contributed by atoms with Crippen LogP contribution >= 0.6 is 0 Å². The van der Waals surface area contributed by atoms with Crippen molar-refractivity contribution in [3.63, 3.8) is 0 Å². The third-order valence-electron chi connectivity index (χ3n) is 4.62. The summed E-state index contributed by atoms with van der Waals surface area (Å²) in [4.78, 5) is 8.50. The lowest BCUT2D eigenvalue weighted by atomic mass is 10.1. The maximum atomic E-state index is 12.8. The molecule has 2 aromatic rings. The molecule has 0 radical (unpaired) electrons. The molecule has 3 heterocycles. The van der Waals surface area contributed by atoms with E-state index in [4.69, 9.17) is 4.74 Å². The van der Waals surface area contributed by atoms with E-state index in [0.717, 1.165) is 24.2 Å². The second-order valence-corrected chi connectivity index (χ2v) is 8.54. The molecule has 1 fully saturated rings. The molecule has 4 rings (SSSR count). The molecule has 24 heavy (non-hydrogen) atoms. The molecular weight excluding hydrogens is 328 g/mol. The van der Waals surface area contributed by atoms with E-state index in [1.165, 1.54) is 0 Å². The van der Waals surface area contributed by atoms with Crippen molar-refractivity contribution in [1.29, 1.82) is 0 Å². The molecule has 1 saturated carbocycles. The fourth-order valence-electron chi connectivity index (χ4n) is 3.11. The van der Waals surface area contributed by atoms with Crippen LogP contribution in [-0.4, -0.2) is 45.2 Å². The summed E-state index contributed by atoms with van der Waals surface area (Å²) in [6.45, 7) is 0.610. The SMILES string of the molecule is Cn1cnc2c1C[C@@H](COc1ccccn1)N(S(=O)(=O)C1CC1)C2. The summed E-state index contributed by atoms with van der Waals surface area (Å²) in [5, 5.41) is -0.236. The third-order valence-corrected chi connectivity index (χ3v) is 7.02. The van der Waals surface area contributed by atoms with Crippen LogP contribution < -0.4 is 4.74 Å². The number of fused-ring (bicyclic) bond motifs is 1. The smallest absolute Gasteiger partial charge is 0.217 e. The Balaban J connectivity index is 1.59. The Kier molecular flexibility index (Phi) is 3.80. The fourth-order valence-corrected chi connectivity index (χ4v) is 5.08. The summed E-state index contributed by atoms with van der Waals surface area (Å²) in [7, 11) is -1.35. The number of rotatable bonds is 5. The van der Waals surface area contributed by atoms with Gasteiger partial charge in [0.25, 0.3) is 0 Å². The summed E-state index contributed by atoms with van der Waals surface area (Å²) >= 11 is 0. The highest BCUT2D eigenvalue weighted by Crippen LogP contribution is 2.35. The normalized spacial score (nSPS) is 21.5. The van der Waals surface area contributed by atoms with Crippen LogP contribution in [0, 0.1) is 0 Å². The van der Waals surface area contributed by atoms with Crippen LogP contribution in [0.2, 0.25) is 0 Å². The molecule has 0 spiro atoms. The molecule has 0 saturated heterocycles. The van der Waals surface area contributed by atoms with Crippen LogP contribution in [0.4, 0.5) is 0 Å². The average molecular weight is 348 g/mol. The average Bonchev–Trinajstić information content (AvgIpc) is 3.39. The lowest BCUT2D eigenvalue weighted by Crippen LogP contribution is -2.48. The van der Waals surface area contributed by atoms with E-state index in [2.05, 4.69) is 9.97 Å². The van der Waals surface area contributed by atoms with Crippen LogP contribution in [0.3, 0.4) is 0 Å². The number of pyridine rings is 1. The number of nitrogens with zero attached hydrogens (tertiary/aromatic N) is 4. The van der Waals surface area contributed by atoms with Crippen molar-refractivity contribution < 1.29 is 13.2 Å². The van der Waals surface area contributed by atoms with Gasteiger partial charge in [-0.25, -0.2) is 18.4 Å². The van der Waals surface area contributed by atoms with Gasteiger partial charge in [0.05, 0.1) is 29.9 Å². The first-order chi connectivity index (χ1) is 11.6. The standard InChI is InChI=1S/C16H20N4O3S/c1-19-11-18-14-9-20(24(21,22)13-5-6-13)12(8-15(14)19)10-23-16-4-2-3-7-17-16/h2-4,7,11-13H,5-6,8-10H2,1H3/t12-/m0/s1. The Morgan fingerprint density at radius 3 is 2.83 bits per heavy atom. The second-order valence-electron chi connectivity index (χ2n) is 6.38. The quantitative estimate of drug-likeness (QED) is 0.809. The van der Waals surface area contributed by atoms with Crippen LogP contribution in [0.5, 0.6) is 5.88 Å². The molecule has 128 valence electrons. The monoisotopic (exact) mass is 348 g/mol. The van der Waals surface area contributed by atoms with Gasteiger partial charge in [0.1, 0.15) is 6.61 Å². The maximum Gasteiger partial charge on any atom is 0.217 e. The van der Waals surface area contributed by atoms with Gasteiger partial charge in [0.2, 0.25) is 15.9 Å². The minimum Gasteiger partial charge on any atom is -0.476 e. The topological polar surface area (TPSA) is 77.3 Å². The lowest BCUT2D eigenvalue weighted by Gasteiger charge is -2.34. The van der Waals surface area contributed by atoms with Gasteiger partial charge in [-0.05, 0) is 18.9 Å². The molecule has 2 aliphatic rings. The fraction of sp³-hybridized carbons (Fsp3) is 0.500. The van der Waals surface area contributed by atoms with E-state index in [9.17, 15) is 8.42 Å². The van der Waals surface area contributed by atoms with E-state index < -0.39 is 10.0 Å². The number of ether oxygens (including phenoxy) is 1. The molecule has 7 nitrogen and oxygen atoms in total. The van der Waals surface area contributed by atoms with Crippen molar-refractivity contribution in [1.82, 2.24) is 18.8 Å². The molecular formula is C16H20N4O3S. The van der Waals surface area contributed by atoms with Gasteiger partial charge in [0, 0.05) is 31.4 Å². The highest BCUT2D eigenvalue weighted by Gasteiger charge is 2.45. The number of hydrogen-bond donors (Lipinski definition) is 0. The number of aryl methyl sites for hydroxylation is 1. The summed E-state index contributed by atoms with van der Waals surface area (Å²) < 4.78 is 34.9. The largest absolute Gasteiger partial charge is 0.476 e. The molecule has 1 aliphatic carbocycles. The first-order valence-electron chi connectivity index (χ1n) is 8.09. The number of sulfonamides is 1. The second kappa shape index (κ2) is 5.86. The molecule has 0 bridgehead atoms. The Bertz CT molecular complexity index is 830. The molecule has 1 atom stereocenters. The van der Waals surface area contributed by atoms with Crippen molar-refractivity contribution in [3.8, 4) is 5.88 Å². The van der Waals surface area contributed by atoms with Gasteiger partial charge < -0.3 is 9.30 Å². The van der Waals surface area contributed by atoms with Gasteiger partial charge in [0.15, 0.2) is 0 Å². The van der Waals surface area contributed by atoms with Crippen molar-refractivity contribution in [2.24, 2.45) is 7.05 Å². The number of imidazole rings is 1. The highest BCUT2D eigenvalue weighted by molar-refractivity contribution is 7.90. The van der Waals surface area contributed by atoms with E-state index in [0.29, 0.717) is 18.8 Å². The zero-order valence-corrected chi connectivity index (χ0v) is 14.3. The number of hydrogen-bond acceptors (Lipinski definition) is 5. The van der Waals surface area contributed by atoms with Crippen LogP contribution in [0.15, 0.2) is 30.7 Å². The Morgan fingerprint density at radius 2 is 2.12 bits per heavy atom. The third kappa shape index (κ3) is 2.80. The summed E-state index contributed by atoms with van der Waals surface area (Å²) in [5.41, 5.74) is 1.92. The summed E-state index contributed by atoms with van der Waals surface area (Å²) in [5.74, 6) is 0.511. The highest BCUT2D eigenvalue weighted by atomic mass is 32.2. The lowest BCUT2D eigenvalue weighted by molar-refractivity contribution is 0.181. The van der Waals surface area contributed by atoms with Crippen LogP contribution in [-0.2, 0) is 30.0 Å². The molecule has 0 unspecified atom stereocenters. The van der Waals surface area contributed by atoms with E-state index in [1.807, 2.05) is 23.7 Å². The molecule has 8 heteroatoms. The van der Waals surface area contributed by atoms with Crippen molar-refractivity contribution in [2.45, 2.75) is 37.1 Å². The first kappa shape index (κ1) is 15.6. The van der Waals surface area contributed by atoms with E-state index in [1.54, 1.807) is 22.9 Å². The van der Waals surface area contributed by atoms with Crippen LogP contribution in [0.25, 0.3) is 0 Å². The predicted octanol–water partition coefficient (Wildman–Crippen LogP) is 1.11. The minimum atomic E-state index is -3.29. The zero-order chi connectivity index (χ0) is 16.7. The Labute approximate surface area is 141 Å². The summed E-state index contributed by atoms with van der Waals surface area (Å²) in [6.07, 6.45) is 5.51. The summed E-state index contributed by atoms with van der Waals surface area (Å²) in [6, 6.07) is 5.21. The maximum absolute atomic E-state index is 12.8. The Morgan fingerprint density at radius 1 is 1.29 bits per heavy atom. The zero-order valence-electron chi connectivity index (χ0n) is 13.5. The Hall–Kier alpha value is -1.93.